The Bertz CT molecular complexity index is 1230. The first-order valence-corrected chi connectivity index (χ1v) is 9.72. The van der Waals surface area contributed by atoms with Crippen LogP contribution in [0.15, 0.2) is 67.0 Å². The molecule has 2 aromatic heterocycles. The summed E-state index contributed by atoms with van der Waals surface area (Å²) in [5.74, 6) is -0.574. The molecule has 2 amide bonds. The van der Waals surface area contributed by atoms with Crippen molar-refractivity contribution in [1.82, 2.24) is 9.97 Å². The van der Waals surface area contributed by atoms with E-state index in [1.54, 1.807) is 12.4 Å². The predicted octanol–water partition coefficient (Wildman–Crippen LogP) is 4.21. The fourth-order valence-corrected chi connectivity index (χ4v) is 3.60. The van der Waals surface area contributed by atoms with Crippen molar-refractivity contribution >= 4 is 28.4 Å². The summed E-state index contributed by atoms with van der Waals surface area (Å²) in [5.41, 5.74) is 11.2. The van der Waals surface area contributed by atoms with Crippen molar-refractivity contribution < 1.29 is 9.59 Å². The molecule has 0 aliphatic rings. The zero-order chi connectivity index (χ0) is 21.1. The van der Waals surface area contributed by atoms with E-state index in [0.29, 0.717) is 24.2 Å². The van der Waals surface area contributed by atoms with Crippen LogP contribution >= 0.6 is 0 Å². The van der Waals surface area contributed by atoms with Crippen LogP contribution in [0.25, 0.3) is 22.0 Å². The molecule has 4 N–H and O–H groups in total. The lowest BCUT2D eigenvalue weighted by molar-refractivity contribution is -0.116. The van der Waals surface area contributed by atoms with Crippen LogP contribution in [0.4, 0.5) is 5.69 Å². The van der Waals surface area contributed by atoms with E-state index < -0.39 is 5.91 Å². The highest BCUT2D eigenvalue weighted by Crippen LogP contribution is 2.32. The third-order valence-electron chi connectivity index (χ3n) is 5.03. The van der Waals surface area contributed by atoms with Gasteiger partial charge in [-0.25, -0.2) is 0 Å². The van der Waals surface area contributed by atoms with Gasteiger partial charge in [0, 0.05) is 29.3 Å². The highest BCUT2D eigenvalue weighted by molar-refractivity contribution is 6.09. The van der Waals surface area contributed by atoms with Crippen LogP contribution in [0.2, 0.25) is 0 Å². The van der Waals surface area contributed by atoms with Crippen LogP contribution < -0.4 is 11.1 Å². The molecule has 0 saturated heterocycles. The van der Waals surface area contributed by atoms with E-state index in [0.717, 1.165) is 27.6 Å². The average molecular weight is 398 g/mol. The first-order chi connectivity index (χ1) is 14.5. The fraction of sp³-hybridized carbons (Fsp3) is 0.125. The van der Waals surface area contributed by atoms with Gasteiger partial charge in [0.05, 0.1) is 11.7 Å². The maximum atomic E-state index is 12.3. The second kappa shape index (κ2) is 8.21. The number of aryl methyl sites for hydroxylation is 2. The van der Waals surface area contributed by atoms with Crippen LogP contribution in [0, 0.1) is 6.92 Å². The number of carbonyl (C=O) groups excluding carboxylic acids is 2. The third kappa shape index (κ3) is 4.07. The number of benzene rings is 2. The van der Waals surface area contributed by atoms with Crippen molar-refractivity contribution in [2.75, 3.05) is 5.32 Å². The van der Waals surface area contributed by atoms with E-state index in [9.17, 15) is 9.59 Å². The molecule has 6 heteroatoms. The second-order valence-corrected chi connectivity index (χ2v) is 7.28. The monoisotopic (exact) mass is 398 g/mol. The number of hydrogen-bond acceptors (Lipinski definition) is 3. The lowest BCUT2D eigenvalue weighted by atomic mass is 10.0. The summed E-state index contributed by atoms with van der Waals surface area (Å²) in [6.45, 7) is 2.04. The van der Waals surface area contributed by atoms with E-state index >= 15 is 0 Å². The molecule has 0 spiro atoms. The third-order valence-corrected chi connectivity index (χ3v) is 5.03. The highest BCUT2D eigenvalue weighted by atomic mass is 16.2. The number of hydrogen-bond donors (Lipinski definition) is 3. The number of primary amides is 1. The van der Waals surface area contributed by atoms with Crippen molar-refractivity contribution in [1.29, 1.82) is 0 Å². The Morgan fingerprint density at radius 3 is 2.63 bits per heavy atom. The highest BCUT2D eigenvalue weighted by Gasteiger charge is 2.17. The van der Waals surface area contributed by atoms with Gasteiger partial charge in [-0.3, -0.25) is 14.6 Å². The van der Waals surface area contributed by atoms with Gasteiger partial charge in [-0.2, -0.15) is 0 Å². The van der Waals surface area contributed by atoms with Gasteiger partial charge in [0.2, 0.25) is 5.91 Å². The van der Waals surface area contributed by atoms with Gasteiger partial charge in [0.1, 0.15) is 5.69 Å². The van der Waals surface area contributed by atoms with E-state index in [-0.39, 0.29) is 5.91 Å². The van der Waals surface area contributed by atoms with Crippen LogP contribution in [-0.4, -0.2) is 21.8 Å². The van der Waals surface area contributed by atoms with E-state index in [4.69, 9.17) is 5.73 Å². The number of anilines is 1. The Hall–Kier alpha value is -3.93. The quantitative estimate of drug-likeness (QED) is 0.453. The first-order valence-electron chi connectivity index (χ1n) is 9.72. The van der Waals surface area contributed by atoms with Crippen LogP contribution in [0.1, 0.15) is 28.0 Å². The summed E-state index contributed by atoms with van der Waals surface area (Å²) in [7, 11) is 0. The van der Waals surface area contributed by atoms with Gasteiger partial charge in [-0.15, -0.1) is 0 Å². The lowest BCUT2D eigenvalue weighted by Crippen LogP contribution is -2.13. The molecule has 6 nitrogen and oxygen atoms in total. The zero-order valence-corrected chi connectivity index (χ0v) is 16.6. The van der Waals surface area contributed by atoms with E-state index in [1.807, 2.05) is 55.5 Å². The molecule has 150 valence electrons. The average Bonchev–Trinajstić information content (AvgIpc) is 3.13. The molecule has 0 unspecified atom stereocenters. The Kier molecular flexibility index (Phi) is 5.30. The summed E-state index contributed by atoms with van der Waals surface area (Å²) in [6, 6.07) is 17.4. The predicted molar refractivity (Wildman–Crippen MR) is 118 cm³/mol. The molecular formula is C24H22N4O2. The molecular weight excluding hydrogens is 376 g/mol. The molecule has 0 bridgehead atoms. The summed E-state index contributed by atoms with van der Waals surface area (Å²) in [6.07, 6.45) is 4.44. The van der Waals surface area contributed by atoms with Gasteiger partial charge in [-0.1, -0.05) is 42.0 Å². The van der Waals surface area contributed by atoms with Gasteiger partial charge >= 0.3 is 0 Å². The molecule has 0 saturated carbocycles. The van der Waals surface area contributed by atoms with Crippen molar-refractivity contribution in [3.63, 3.8) is 0 Å². The SMILES string of the molecule is Cc1cccc(CCC(=O)Nc2ccc(-c3c(C(N)=O)[nH]c4cnccc34)cc2)c1. The number of amides is 2. The number of aromatic nitrogens is 2. The molecule has 0 radical (unpaired) electrons. The number of rotatable bonds is 6. The zero-order valence-electron chi connectivity index (χ0n) is 16.6. The van der Waals surface area contributed by atoms with Crippen molar-refractivity contribution in [3.05, 3.63) is 83.8 Å². The smallest absolute Gasteiger partial charge is 0.265 e. The van der Waals surface area contributed by atoms with Crippen molar-refractivity contribution in [2.24, 2.45) is 5.73 Å². The molecule has 4 aromatic rings. The van der Waals surface area contributed by atoms with Crippen LogP contribution in [0.5, 0.6) is 0 Å². The summed E-state index contributed by atoms with van der Waals surface area (Å²) in [5, 5.41) is 3.79. The molecule has 0 aliphatic heterocycles. The van der Waals surface area contributed by atoms with E-state index in [1.165, 1.54) is 5.56 Å². The number of carbonyl (C=O) groups is 2. The second-order valence-electron chi connectivity index (χ2n) is 7.28. The van der Waals surface area contributed by atoms with Crippen molar-refractivity contribution in [3.8, 4) is 11.1 Å². The summed E-state index contributed by atoms with van der Waals surface area (Å²) >= 11 is 0. The minimum Gasteiger partial charge on any atom is -0.364 e. The number of nitrogens with one attached hydrogen (secondary N) is 2. The molecule has 2 heterocycles. The van der Waals surface area contributed by atoms with Crippen LogP contribution in [-0.2, 0) is 11.2 Å². The van der Waals surface area contributed by atoms with E-state index in [2.05, 4.69) is 21.4 Å². The van der Waals surface area contributed by atoms with Gasteiger partial charge in [0.15, 0.2) is 0 Å². The standard InChI is InChI=1S/C24H22N4O2/c1-15-3-2-4-16(13-15)5-10-21(29)27-18-8-6-17(7-9-18)22-19-11-12-26-14-20(19)28-23(22)24(25)30/h2-4,6-9,11-14,28H,5,10H2,1H3,(H2,25,30)(H,27,29). The summed E-state index contributed by atoms with van der Waals surface area (Å²) in [4.78, 5) is 31.3. The molecule has 2 aromatic carbocycles. The topological polar surface area (TPSA) is 101 Å². The van der Waals surface area contributed by atoms with Gasteiger partial charge < -0.3 is 16.0 Å². The number of H-pyrrole nitrogens is 1. The maximum absolute atomic E-state index is 12.3. The Labute approximate surface area is 174 Å². The minimum absolute atomic E-state index is 0.0414. The number of nitrogens with zero attached hydrogens (tertiary/aromatic N) is 1. The Balaban J connectivity index is 1.50. The molecule has 4 rings (SSSR count). The number of fused-ring (bicyclic) bond motifs is 1. The van der Waals surface area contributed by atoms with Crippen molar-refractivity contribution in [2.45, 2.75) is 19.8 Å². The summed E-state index contributed by atoms with van der Waals surface area (Å²) < 4.78 is 0. The normalized spacial score (nSPS) is 10.8. The first kappa shape index (κ1) is 19.4. The molecule has 0 fully saturated rings. The van der Waals surface area contributed by atoms with Crippen LogP contribution in [0.3, 0.4) is 0 Å². The number of aromatic amines is 1. The van der Waals surface area contributed by atoms with Gasteiger partial charge in [-0.05, 0) is 42.7 Å². The molecule has 0 aliphatic carbocycles. The molecule has 30 heavy (non-hydrogen) atoms. The largest absolute Gasteiger partial charge is 0.364 e. The van der Waals surface area contributed by atoms with Gasteiger partial charge in [0.25, 0.3) is 5.91 Å². The molecule has 0 atom stereocenters. The Morgan fingerprint density at radius 1 is 1.10 bits per heavy atom. The number of nitrogens with two attached hydrogens (primary N) is 1. The Morgan fingerprint density at radius 2 is 1.90 bits per heavy atom. The fourth-order valence-electron chi connectivity index (χ4n) is 3.60. The lowest BCUT2D eigenvalue weighted by Gasteiger charge is -2.08. The maximum Gasteiger partial charge on any atom is 0.265 e. The number of pyridine rings is 1. The minimum atomic E-state index is -0.533.